The van der Waals surface area contributed by atoms with E-state index in [-0.39, 0.29) is 55.1 Å². The Kier molecular flexibility index (Phi) is 2.89. The SMILES string of the molecule is [2H]c1c([2H])c([2H])c2c(c1[2H])c1c([2H])c([2H])c([2H])c([2H])c1n2-c1ccc2sc3cnc(-c4ccccc4-n4c5c([2H])c([2H])c([2H])c([2H])c5c5c([2H])c([2H])c([2H])c([2H])c54)nc3c2c1. The Bertz CT molecular complexity index is 3530. The Balaban J connectivity index is 1.27. The third-order valence-corrected chi connectivity index (χ3v) is 9.00. The first-order chi connectivity index (χ1) is 29.0. The number of para-hydroxylation sites is 5. The van der Waals surface area contributed by atoms with Gasteiger partial charge in [-0.3, -0.25) is 0 Å². The Morgan fingerprint density at radius 3 is 1.73 bits per heavy atom. The van der Waals surface area contributed by atoms with Gasteiger partial charge in [0.25, 0.3) is 0 Å². The van der Waals surface area contributed by atoms with Gasteiger partial charge in [0.2, 0.25) is 0 Å². The van der Waals surface area contributed by atoms with Gasteiger partial charge in [0.1, 0.15) is 0 Å². The molecule has 0 saturated heterocycles. The zero-order chi connectivity index (χ0) is 43.4. The predicted octanol–water partition coefficient (Wildman–Crippen LogP) is 10.7. The van der Waals surface area contributed by atoms with E-state index < -0.39 is 96.7 Å². The van der Waals surface area contributed by atoms with E-state index in [1.54, 1.807) is 48.7 Å². The molecule has 6 aromatic carbocycles. The number of rotatable bonds is 3. The Labute approximate surface area is 284 Å². The fourth-order valence-electron chi connectivity index (χ4n) is 6.02. The molecule has 0 aliphatic carbocycles. The highest BCUT2D eigenvalue weighted by Gasteiger charge is 2.18. The van der Waals surface area contributed by atoms with Crippen molar-refractivity contribution in [2.24, 2.45) is 0 Å². The van der Waals surface area contributed by atoms with Gasteiger partial charge in [0.15, 0.2) is 5.82 Å². The number of fused-ring (bicyclic) bond motifs is 9. The molecule has 0 aliphatic rings. The van der Waals surface area contributed by atoms with Gasteiger partial charge >= 0.3 is 0 Å². The maximum Gasteiger partial charge on any atom is 0.161 e. The Hall–Kier alpha value is -5.78. The molecule has 0 bridgehead atoms. The van der Waals surface area contributed by atoms with Crippen molar-refractivity contribution < 1.29 is 21.9 Å². The van der Waals surface area contributed by atoms with Crippen LogP contribution in [-0.2, 0) is 0 Å². The molecule has 10 rings (SSSR count). The van der Waals surface area contributed by atoms with E-state index in [2.05, 4.69) is 4.98 Å². The molecular weight excluding hydrogens is 569 g/mol. The largest absolute Gasteiger partial charge is 0.309 e. The molecule has 4 aromatic heterocycles. The van der Waals surface area contributed by atoms with Gasteiger partial charge in [-0.25, -0.2) is 9.97 Å². The summed E-state index contributed by atoms with van der Waals surface area (Å²) in [6, 6.07) is 3.91. The van der Waals surface area contributed by atoms with E-state index >= 15 is 0 Å². The monoisotopic (exact) mass is 608 g/mol. The molecule has 0 unspecified atom stereocenters. The van der Waals surface area contributed by atoms with Gasteiger partial charge in [-0.2, -0.15) is 0 Å². The quantitative estimate of drug-likeness (QED) is 0.200. The maximum atomic E-state index is 8.98. The average molecular weight is 609 g/mol. The third kappa shape index (κ3) is 3.53. The first-order valence-electron chi connectivity index (χ1n) is 21.8. The molecule has 10 aromatic rings. The Morgan fingerprint density at radius 2 is 1.11 bits per heavy atom. The summed E-state index contributed by atoms with van der Waals surface area (Å²) in [5, 5.41) is 0.328. The first kappa shape index (κ1) is 13.9. The van der Waals surface area contributed by atoms with Crippen molar-refractivity contribution in [3.8, 4) is 22.8 Å². The van der Waals surface area contributed by atoms with Crippen LogP contribution in [-0.4, -0.2) is 19.1 Å². The second kappa shape index (κ2) is 9.36. The van der Waals surface area contributed by atoms with E-state index in [0.29, 0.717) is 26.9 Å². The highest BCUT2D eigenvalue weighted by molar-refractivity contribution is 7.25. The molecule has 0 radical (unpaired) electrons. The topological polar surface area (TPSA) is 35.6 Å². The van der Waals surface area contributed by atoms with Crippen molar-refractivity contribution in [3.63, 3.8) is 0 Å². The van der Waals surface area contributed by atoms with Crippen molar-refractivity contribution in [3.05, 3.63) is 145 Å². The van der Waals surface area contributed by atoms with E-state index in [1.165, 1.54) is 20.5 Å². The van der Waals surface area contributed by atoms with Crippen molar-refractivity contribution >= 4 is 75.3 Å². The maximum absolute atomic E-state index is 8.98. The Morgan fingerprint density at radius 1 is 0.556 bits per heavy atom. The number of thiophene rings is 1. The van der Waals surface area contributed by atoms with E-state index in [1.807, 2.05) is 0 Å². The van der Waals surface area contributed by atoms with Gasteiger partial charge < -0.3 is 9.13 Å². The molecule has 0 aliphatic heterocycles. The molecule has 5 heteroatoms. The second-order valence-corrected chi connectivity index (χ2v) is 11.4. The van der Waals surface area contributed by atoms with Crippen LogP contribution in [0.4, 0.5) is 0 Å². The summed E-state index contributed by atoms with van der Waals surface area (Å²) in [6.45, 7) is 0. The summed E-state index contributed by atoms with van der Waals surface area (Å²) in [6.07, 6.45) is 1.61. The summed E-state index contributed by atoms with van der Waals surface area (Å²) in [7, 11) is 0. The van der Waals surface area contributed by atoms with E-state index in [0.717, 1.165) is 4.70 Å². The smallest absolute Gasteiger partial charge is 0.161 e. The summed E-state index contributed by atoms with van der Waals surface area (Å²) in [5.74, 6) is 0.157. The van der Waals surface area contributed by atoms with Crippen molar-refractivity contribution in [2.45, 2.75) is 0 Å². The standard InChI is InChI=1S/C40H24N4S/c1-6-16-32-26(11-1)27-12-2-7-17-33(27)43(32)25-21-22-37-31(23-25)39-38(45-37)24-41-40(42-39)30-15-5-10-20-36(30)44-34-18-8-3-13-28(34)29-14-4-9-19-35(29)44/h1-24H/i1D,2D,3D,4D,6D,7D,8D,9D,11D,12D,13D,14D,16D,17D,18D,19D. The molecule has 210 valence electrons. The van der Waals surface area contributed by atoms with Crippen LogP contribution in [0.3, 0.4) is 0 Å². The van der Waals surface area contributed by atoms with Gasteiger partial charge in [-0.15, -0.1) is 11.3 Å². The molecule has 0 saturated carbocycles. The van der Waals surface area contributed by atoms with Crippen LogP contribution in [0.15, 0.2) is 145 Å². The first-order valence-corrected chi connectivity index (χ1v) is 14.6. The number of hydrogen-bond donors (Lipinski definition) is 0. The van der Waals surface area contributed by atoms with Crippen LogP contribution in [0.25, 0.3) is 86.7 Å². The highest BCUT2D eigenvalue weighted by atomic mass is 32.1. The fourth-order valence-corrected chi connectivity index (χ4v) is 7.01. The number of aromatic nitrogens is 4. The van der Waals surface area contributed by atoms with Gasteiger partial charge in [-0.1, -0.05) is 84.6 Å². The van der Waals surface area contributed by atoms with Gasteiger partial charge in [-0.05, 0) is 54.5 Å². The van der Waals surface area contributed by atoms with Crippen molar-refractivity contribution in [1.82, 2.24) is 19.1 Å². The number of nitrogens with zero attached hydrogens (tertiary/aromatic N) is 4. The minimum atomic E-state index is -0.559. The molecule has 0 N–H and O–H groups in total. The second-order valence-electron chi connectivity index (χ2n) is 10.3. The van der Waals surface area contributed by atoms with Crippen molar-refractivity contribution in [2.75, 3.05) is 0 Å². The minimum absolute atomic E-state index is 0.0294. The number of hydrogen-bond acceptors (Lipinski definition) is 3. The predicted molar refractivity (Wildman–Crippen MR) is 189 cm³/mol. The summed E-state index contributed by atoms with van der Waals surface area (Å²) >= 11 is 1.37. The highest BCUT2D eigenvalue weighted by Crippen LogP contribution is 2.39. The summed E-state index contributed by atoms with van der Waals surface area (Å²) < 4.78 is 143. The normalized spacial score (nSPS) is 17.0. The lowest BCUT2D eigenvalue weighted by molar-refractivity contribution is 1.15. The molecule has 0 amide bonds. The lowest BCUT2D eigenvalue weighted by Crippen LogP contribution is -1.99. The summed E-state index contributed by atoms with van der Waals surface area (Å²) in [5.41, 5.74) is 1.23. The third-order valence-electron chi connectivity index (χ3n) is 7.90. The lowest BCUT2D eigenvalue weighted by Gasteiger charge is -2.13. The van der Waals surface area contributed by atoms with Crippen molar-refractivity contribution in [1.29, 1.82) is 0 Å². The fraction of sp³-hybridized carbons (Fsp3) is 0. The van der Waals surface area contributed by atoms with Crippen LogP contribution in [0.2, 0.25) is 0 Å². The van der Waals surface area contributed by atoms with Gasteiger partial charge in [0, 0.05) is 49.1 Å². The minimum Gasteiger partial charge on any atom is -0.309 e. The van der Waals surface area contributed by atoms with Crippen LogP contribution >= 0.6 is 11.3 Å². The molecule has 4 heterocycles. The zero-order valence-corrected chi connectivity index (χ0v) is 23.6. The molecule has 45 heavy (non-hydrogen) atoms. The van der Waals surface area contributed by atoms with Crippen LogP contribution < -0.4 is 0 Å². The van der Waals surface area contributed by atoms with Crippen LogP contribution in [0.1, 0.15) is 21.9 Å². The summed E-state index contributed by atoms with van der Waals surface area (Å²) in [4.78, 5) is 9.69. The molecule has 0 spiro atoms. The number of benzene rings is 6. The van der Waals surface area contributed by atoms with Crippen LogP contribution in [0.5, 0.6) is 0 Å². The average Bonchev–Trinajstić information content (AvgIpc) is 3.94. The zero-order valence-electron chi connectivity index (χ0n) is 38.8. The van der Waals surface area contributed by atoms with Crippen LogP contribution in [0, 0.1) is 0 Å². The molecule has 0 fully saturated rings. The molecule has 0 atom stereocenters. The molecular formula is C40H24N4S. The molecule has 4 nitrogen and oxygen atoms in total. The van der Waals surface area contributed by atoms with Gasteiger partial charge in [0.05, 0.1) is 59.9 Å². The lowest BCUT2D eigenvalue weighted by atomic mass is 10.1. The van der Waals surface area contributed by atoms with E-state index in [9.17, 15) is 0 Å². The van der Waals surface area contributed by atoms with E-state index in [4.69, 9.17) is 26.9 Å².